The van der Waals surface area contributed by atoms with Crippen molar-refractivity contribution in [3.8, 4) is 6.19 Å². The van der Waals surface area contributed by atoms with Gasteiger partial charge < -0.3 is 24.8 Å². The van der Waals surface area contributed by atoms with Crippen LogP contribution in [0.25, 0.3) is 11.0 Å². The van der Waals surface area contributed by atoms with Crippen LogP contribution in [0.15, 0.2) is 41.0 Å². The Kier molecular flexibility index (Phi) is 9.69. The van der Waals surface area contributed by atoms with Gasteiger partial charge in [0.15, 0.2) is 6.19 Å². The van der Waals surface area contributed by atoms with Gasteiger partial charge in [-0.2, -0.15) is 5.26 Å². The summed E-state index contributed by atoms with van der Waals surface area (Å²) in [6, 6.07) is 6.81. The molecule has 6 N–H and O–H groups in total. The zero-order valence-electron chi connectivity index (χ0n) is 21.9. The van der Waals surface area contributed by atoms with E-state index in [0.29, 0.717) is 35.2 Å². The van der Waals surface area contributed by atoms with Gasteiger partial charge in [0, 0.05) is 36.6 Å². The Morgan fingerprint density at radius 2 is 2.00 bits per heavy atom. The average molecular weight is 603 g/mol. The quantitative estimate of drug-likeness (QED) is 0.108. The van der Waals surface area contributed by atoms with E-state index >= 15 is 0 Å². The first-order valence-corrected chi connectivity index (χ1v) is 13.4. The number of benzene rings is 2. The molecular weight excluding hydrogens is 575 g/mol. The molecule has 14 heteroatoms. The summed E-state index contributed by atoms with van der Waals surface area (Å²) in [5.41, 5.74) is 2.35. The molecule has 3 atom stereocenters. The number of nitrogens with one attached hydrogen (secondary N) is 4. The van der Waals surface area contributed by atoms with E-state index in [1.54, 1.807) is 42.5 Å². The van der Waals surface area contributed by atoms with Gasteiger partial charge in [-0.15, -0.1) is 0 Å². The molecule has 0 radical (unpaired) electrons. The number of carboxylic acid groups (broad SMARTS) is 1. The van der Waals surface area contributed by atoms with Crippen molar-refractivity contribution in [3.05, 3.63) is 68.9 Å². The van der Waals surface area contributed by atoms with Crippen LogP contribution >= 0.6 is 23.2 Å². The lowest BCUT2D eigenvalue weighted by Gasteiger charge is -2.30. The van der Waals surface area contributed by atoms with Crippen molar-refractivity contribution in [1.82, 2.24) is 26.2 Å². The van der Waals surface area contributed by atoms with Crippen LogP contribution in [0.4, 0.5) is 0 Å². The third-order valence-electron chi connectivity index (χ3n) is 6.69. The number of hydrogen-bond acceptors (Lipinski definition) is 9. The zero-order valence-corrected chi connectivity index (χ0v) is 23.4. The first kappa shape index (κ1) is 30.1. The minimum atomic E-state index is -1.40. The first-order chi connectivity index (χ1) is 19.6. The fourth-order valence-corrected chi connectivity index (χ4v) is 5.29. The van der Waals surface area contributed by atoms with Crippen molar-refractivity contribution in [1.29, 1.82) is 5.26 Å². The fourth-order valence-electron chi connectivity index (χ4n) is 4.52. The van der Waals surface area contributed by atoms with E-state index in [9.17, 15) is 24.6 Å². The Hall–Kier alpha value is -3.86. The molecule has 41 heavy (non-hydrogen) atoms. The number of halogens is 2. The Bertz CT molecular complexity index is 1510. The molecule has 0 aliphatic carbocycles. The highest BCUT2D eigenvalue weighted by Gasteiger charge is 2.30. The van der Waals surface area contributed by atoms with Crippen LogP contribution in [0.2, 0.25) is 10.0 Å². The second-order valence-corrected chi connectivity index (χ2v) is 10.3. The summed E-state index contributed by atoms with van der Waals surface area (Å²) < 4.78 is 5.41. The summed E-state index contributed by atoms with van der Waals surface area (Å²) in [7, 11) is 0. The number of aliphatic carboxylic acids is 1. The van der Waals surface area contributed by atoms with Crippen molar-refractivity contribution in [2.75, 3.05) is 19.7 Å². The Labute approximate surface area is 245 Å². The molecule has 1 aromatic heterocycles. The standard InChI is InChI=1S/C27H28Cl2N6O6/c1-14(12-36)33-27(32-13-30)31-10-20(26(39)40)34-24(37)22-19(28)8-17-11-35(6-4-18(17)23(22)29)25(38)16-3-2-15-5-7-41-21(15)9-16/h2-3,5,7-9,14,20,27,31-33,36H,4,6,10-12H2,1H3,(H,34,37)(H,39,40)/t14-,20+,27?/m1/s1. The fraction of sp³-hybridized carbons (Fsp3) is 0.333. The molecule has 0 spiro atoms. The number of carbonyl (C=O) groups is 3. The summed E-state index contributed by atoms with van der Waals surface area (Å²) >= 11 is 13.1. The van der Waals surface area contributed by atoms with Gasteiger partial charge in [0.05, 0.1) is 28.5 Å². The highest BCUT2D eigenvalue weighted by molar-refractivity contribution is 6.40. The van der Waals surface area contributed by atoms with Crippen molar-refractivity contribution >= 4 is 52.0 Å². The molecule has 0 saturated carbocycles. The van der Waals surface area contributed by atoms with Gasteiger partial charge in [-0.1, -0.05) is 29.3 Å². The molecule has 12 nitrogen and oxygen atoms in total. The maximum atomic E-state index is 13.2. The summed E-state index contributed by atoms with van der Waals surface area (Å²) in [6.07, 6.45) is 2.79. The van der Waals surface area contributed by atoms with Crippen molar-refractivity contribution in [3.63, 3.8) is 0 Å². The van der Waals surface area contributed by atoms with E-state index in [0.717, 1.165) is 5.39 Å². The number of aliphatic hydroxyl groups excluding tert-OH is 1. The van der Waals surface area contributed by atoms with Crippen molar-refractivity contribution in [2.24, 2.45) is 0 Å². The molecule has 2 aromatic carbocycles. The number of aliphatic hydroxyl groups is 1. The van der Waals surface area contributed by atoms with Gasteiger partial charge in [-0.3, -0.25) is 25.5 Å². The Morgan fingerprint density at radius 3 is 2.71 bits per heavy atom. The SMILES string of the molecule is C[C@H](CO)NC(NC#N)NC[C@H](NC(=O)c1c(Cl)cc2c(c1Cl)CCN(C(=O)c1ccc3ccoc3c1)C2)C(=O)O. The number of furan rings is 1. The second kappa shape index (κ2) is 13.2. The molecule has 0 saturated heterocycles. The number of amides is 2. The molecule has 0 fully saturated rings. The van der Waals surface area contributed by atoms with E-state index in [4.69, 9.17) is 32.9 Å². The normalized spacial score (nSPS) is 15.0. The summed E-state index contributed by atoms with van der Waals surface area (Å²) in [5, 5.41) is 39.3. The van der Waals surface area contributed by atoms with Gasteiger partial charge in [-0.25, -0.2) is 4.79 Å². The summed E-state index contributed by atoms with van der Waals surface area (Å²) in [5.74, 6) is -2.31. The highest BCUT2D eigenvalue weighted by atomic mass is 35.5. The molecule has 216 valence electrons. The molecule has 1 aliphatic heterocycles. The number of fused-ring (bicyclic) bond motifs is 2. The van der Waals surface area contributed by atoms with Crippen LogP contribution in [0.5, 0.6) is 0 Å². The van der Waals surface area contributed by atoms with Crippen LogP contribution in [0.3, 0.4) is 0 Å². The van der Waals surface area contributed by atoms with E-state index in [1.165, 1.54) is 0 Å². The number of carboxylic acids is 1. The lowest BCUT2D eigenvalue weighted by Crippen LogP contribution is -2.58. The predicted molar refractivity (Wildman–Crippen MR) is 150 cm³/mol. The van der Waals surface area contributed by atoms with E-state index in [2.05, 4.69) is 21.3 Å². The maximum absolute atomic E-state index is 13.2. The molecule has 4 rings (SSSR count). The van der Waals surface area contributed by atoms with E-state index in [-0.39, 0.29) is 41.2 Å². The first-order valence-electron chi connectivity index (χ1n) is 12.7. The van der Waals surface area contributed by atoms with Crippen molar-refractivity contribution < 1.29 is 29.0 Å². The van der Waals surface area contributed by atoms with Gasteiger partial charge in [0.1, 0.15) is 17.9 Å². The van der Waals surface area contributed by atoms with Crippen LogP contribution in [0, 0.1) is 11.5 Å². The van der Waals surface area contributed by atoms with Crippen molar-refractivity contribution in [2.45, 2.75) is 38.3 Å². The average Bonchev–Trinajstić information content (AvgIpc) is 3.42. The summed E-state index contributed by atoms with van der Waals surface area (Å²) in [4.78, 5) is 39.9. The smallest absolute Gasteiger partial charge is 0.327 e. The second-order valence-electron chi connectivity index (χ2n) is 9.55. The monoisotopic (exact) mass is 602 g/mol. The van der Waals surface area contributed by atoms with Gasteiger partial charge in [-0.05, 0) is 48.7 Å². The third-order valence-corrected chi connectivity index (χ3v) is 7.40. The number of nitrogens with zero attached hydrogens (tertiary/aromatic N) is 2. The lowest BCUT2D eigenvalue weighted by molar-refractivity contribution is -0.139. The predicted octanol–water partition coefficient (Wildman–Crippen LogP) is 2.04. The zero-order chi connectivity index (χ0) is 29.7. The maximum Gasteiger partial charge on any atom is 0.327 e. The van der Waals surface area contributed by atoms with Crippen LogP contribution < -0.4 is 21.3 Å². The number of rotatable bonds is 11. The van der Waals surface area contributed by atoms with Crippen LogP contribution in [-0.2, 0) is 17.8 Å². The minimum absolute atomic E-state index is 0.0112. The minimum Gasteiger partial charge on any atom is -0.480 e. The Balaban J connectivity index is 1.47. The van der Waals surface area contributed by atoms with Crippen LogP contribution in [-0.4, -0.2) is 71.0 Å². The highest BCUT2D eigenvalue weighted by Crippen LogP contribution is 2.35. The van der Waals surface area contributed by atoms with Gasteiger partial charge in [0.2, 0.25) is 0 Å². The van der Waals surface area contributed by atoms with E-state index in [1.807, 2.05) is 12.1 Å². The number of carbonyl (C=O) groups excluding carboxylic acids is 2. The third kappa shape index (κ3) is 6.90. The molecule has 2 heterocycles. The summed E-state index contributed by atoms with van der Waals surface area (Å²) in [6.45, 7) is 1.75. The lowest BCUT2D eigenvalue weighted by atomic mass is 9.96. The van der Waals surface area contributed by atoms with E-state index < -0.39 is 30.2 Å². The molecule has 2 amide bonds. The molecule has 3 aromatic rings. The molecule has 1 unspecified atom stereocenters. The van der Waals surface area contributed by atoms with Gasteiger partial charge in [0.25, 0.3) is 11.8 Å². The Morgan fingerprint density at radius 1 is 1.22 bits per heavy atom. The van der Waals surface area contributed by atoms with Crippen LogP contribution in [0.1, 0.15) is 38.8 Å². The number of hydrogen-bond donors (Lipinski definition) is 6. The molecule has 0 bridgehead atoms. The molecule has 1 aliphatic rings. The number of nitriles is 1. The topological polar surface area (TPSA) is 180 Å². The molecular formula is C27H28Cl2N6O6. The van der Waals surface area contributed by atoms with Gasteiger partial charge >= 0.3 is 5.97 Å². The largest absolute Gasteiger partial charge is 0.480 e.